The molecule has 0 bridgehead atoms. The van der Waals surface area contributed by atoms with Crippen molar-refractivity contribution in [3.8, 4) is 67.3 Å². The maximum Gasteiger partial charge on any atom is 0.161 e. The van der Waals surface area contributed by atoms with Gasteiger partial charge in [-0.1, -0.05) is 109 Å². The normalized spacial score (nSPS) is 13.1. The van der Waals surface area contributed by atoms with E-state index in [1.165, 1.54) is 55.6 Å². The van der Waals surface area contributed by atoms with Crippen LogP contribution in [0.15, 0.2) is 170 Å². The first-order chi connectivity index (χ1) is 24.3. The van der Waals surface area contributed by atoms with Gasteiger partial charge < -0.3 is 0 Å². The molecule has 228 valence electrons. The lowest BCUT2D eigenvalue weighted by Gasteiger charge is -2.35. The molecule has 0 amide bonds. The van der Waals surface area contributed by atoms with E-state index in [2.05, 4.69) is 131 Å². The van der Waals surface area contributed by atoms with Crippen molar-refractivity contribution in [1.82, 2.24) is 19.9 Å². The molecule has 2 aliphatic rings. The number of pyridine rings is 2. The Hall–Kier alpha value is -6.52. The second kappa shape index (κ2) is 10.8. The molecule has 4 heteroatoms. The summed E-state index contributed by atoms with van der Waals surface area (Å²) in [6, 6.07) is 52.6. The maximum atomic E-state index is 5.16. The van der Waals surface area contributed by atoms with Crippen LogP contribution in [0.3, 0.4) is 0 Å². The minimum atomic E-state index is -0.510. The lowest BCUT2D eigenvalue weighted by molar-refractivity contribution is 0.775. The van der Waals surface area contributed by atoms with Crippen molar-refractivity contribution in [2.75, 3.05) is 0 Å². The second-order valence-electron chi connectivity index (χ2n) is 12.6. The van der Waals surface area contributed by atoms with Gasteiger partial charge in [0.2, 0.25) is 0 Å². The monoisotopic (exact) mass is 624 g/mol. The molecule has 2 aliphatic carbocycles. The smallest absolute Gasteiger partial charge is 0.161 e. The number of hydrogen-bond acceptors (Lipinski definition) is 4. The van der Waals surface area contributed by atoms with Gasteiger partial charge in [0.1, 0.15) is 0 Å². The highest BCUT2D eigenvalue weighted by molar-refractivity contribution is 5.98. The van der Waals surface area contributed by atoms with Crippen molar-refractivity contribution in [3.05, 3.63) is 193 Å². The van der Waals surface area contributed by atoms with E-state index >= 15 is 0 Å². The Morgan fingerprint density at radius 3 is 1.39 bits per heavy atom. The van der Waals surface area contributed by atoms with Crippen LogP contribution in [0.2, 0.25) is 0 Å². The van der Waals surface area contributed by atoms with E-state index in [0.29, 0.717) is 5.82 Å². The SMILES string of the molecule is c1cncc(-c2cc(-c3ccc4c(c3)-c3ccccc3-c3ccccc3C43c4ccccc4-c4ccccc43)nc(-c3cccnc3)n2)c1. The number of hydrogen-bond donors (Lipinski definition) is 0. The van der Waals surface area contributed by atoms with Gasteiger partial charge in [-0.15, -0.1) is 0 Å². The van der Waals surface area contributed by atoms with Gasteiger partial charge in [0.15, 0.2) is 5.82 Å². The fourth-order valence-corrected chi connectivity index (χ4v) is 8.09. The third-order valence-electron chi connectivity index (χ3n) is 10.1. The van der Waals surface area contributed by atoms with Crippen LogP contribution in [0, 0.1) is 0 Å². The molecule has 49 heavy (non-hydrogen) atoms. The van der Waals surface area contributed by atoms with E-state index in [1.54, 1.807) is 12.4 Å². The third-order valence-corrected chi connectivity index (χ3v) is 10.1. The Morgan fingerprint density at radius 1 is 0.347 bits per heavy atom. The van der Waals surface area contributed by atoms with Gasteiger partial charge >= 0.3 is 0 Å². The summed E-state index contributed by atoms with van der Waals surface area (Å²) < 4.78 is 0. The summed E-state index contributed by atoms with van der Waals surface area (Å²) in [7, 11) is 0. The summed E-state index contributed by atoms with van der Waals surface area (Å²) in [4.78, 5) is 18.9. The fraction of sp³-hybridized carbons (Fsp3) is 0.0222. The highest BCUT2D eigenvalue weighted by Gasteiger charge is 2.49. The summed E-state index contributed by atoms with van der Waals surface area (Å²) >= 11 is 0. The van der Waals surface area contributed by atoms with Crippen molar-refractivity contribution < 1.29 is 0 Å². The second-order valence-corrected chi connectivity index (χ2v) is 12.6. The predicted molar refractivity (Wildman–Crippen MR) is 196 cm³/mol. The van der Waals surface area contributed by atoms with Crippen LogP contribution in [0.1, 0.15) is 22.3 Å². The summed E-state index contributed by atoms with van der Waals surface area (Å²) in [6.07, 6.45) is 7.22. The van der Waals surface area contributed by atoms with Crippen LogP contribution in [-0.2, 0) is 5.41 Å². The predicted octanol–water partition coefficient (Wildman–Crippen LogP) is 10.3. The molecule has 1 spiro atoms. The quantitative estimate of drug-likeness (QED) is 0.196. The number of rotatable bonds is 3. The van der Waals surface area contributed by atoms with Gasteiger partial charge in [0.05, 0.1) is 16.8 Å². The van der Waals surface area contributed by atoms with Crippen LogP contribution in [0.5, 0.6) is 0 Å². The van der Waals surface area contributed by atoms with Crippen molar-refractivity contribution in [2.24, 2.45) is 0 Å². The first-order valence-electron chi connectivity index (χ1n) is 16.5. The van der Waals surface area contributed by atoms with Gasteiger partial charge in [-0.2, -0.15) is 0 Å². The Kier molecular flexibility index (Phi) is 6.06. The van der Waals surface area contributed by atoms with E-state index in [4.69, 9.17) is 9.97 Å². The molecule has 0 aliphatic heterocycles. The number of benzene rings is 5. The summed E-state index contributed by atoms with van der Waals surface area (Å²) in [6.45, 7) is 0. The highest BCUT2D eigenvalue weighted by atomic mass is 14.9. The van der Waals surface area contributed by atoms with Gasteiger partial charge in [0, 0.05) is 41.5 Å². The number of aromatic nitrogens is 4. The first-order valence-corrected chi connectivity index (χ1v) is 16.5. The molecule has 3 heterocycles. The molecular weight excluding hydrogens is 597 g/mol. The maximum absolute atomic E-state index is 5.16. The standard InChI is InChI=1S/C45H28N4/c1-2-14-33-32(13-1)34-15-3-6-18-38(34)45(39-19-7-4-16-35(39)36-17-5-8-20-40(36)45)41-22-21-29(25-37(33)41)42-26-43(30-11-9-23-46-27-30)49-44(48-42)31-12-10-24-47-28-31/h1-28H. The van der Waals surface area contributed by atoms with Crippen LogP contribution in [-0.4, -0.2) is 19.9 Å². The van der Waals surface area contributed by atoms with E-state index in [0.717, 1.165) is 28.1 Å². The molecule has 0 N–H and O–H groups in total. The molecule has 0 atom stereocenters. The lowest BCUT2D eigenvalue weighted by Crippen LogP contribution is -2.29. The molecule has 4 nitrogen and oxygen atoms in total. The Bertz CT molecular complexity index is 2450. The fourth-order valence-electron chi connectivity index (χ4n) is 8.09. The lowest BCUT2D eigenvalue weighted by atomic mass is 9.66. The molecule has 5 aromatic carbocycles. The number of fused-ring (bicyclic) bond motifs is 12. The highest BCUT2D eigenvalue weighted by Crippen LogP contribution is 2.61. The zero-order valence-electron chi connectivity index (χ0n) is 26.5. The molecule has 0 radical (unpaired) electrons. The Balaban J connectivity index is 1.29. The van der Waals surface area contributed by atoms with Gasteiger partial charge in [0.25, 0.3) is 0 Å². The molecule has 8 aromatic rings. The van der Waals surface area contributed by atoms with Crippen molar-refractivity contribution in [2.45, 2.75) is 5.41 Å². The molecule has 0 unspecified atom stereocenters. The van der Waals surface area contributed by atoms with Crippen LogP contribution in [0.25, 0.3) is 67.3 Å². The molecule has 10 rings (SSSR count). The van der Waals surface area contributed by atoms with Crippen molar-refractivity contribution >= 4 is 0 Å². The van der Waals surface area contributed by atoms with E-state index in [1.807, 2.05) is 36.7 Å². The average Bonchev–Trinajstić information content (AvgIpc) is 3.43. The van der Waals surface area contributed by atoms with Crippen molar-refractivity contribution in [3.63, 3.8) is 0 Å². The third kappa shape index (κ3) is 4.04. The zero-order valence-corrected chi connectivity index (χ0v) is 26.5. The number of nitrogens with zero attached hydrogens (tertiary/aromatic N) is 4. The van der Waals surface area contributed by atoms with E-state index < -0.39 is 5.41 Å². The summed E-state index contributed by atoms with van der Waals surface area (Å²) in [5.41, 5.74) is 16.6. The zero-order chi connectivity index (χ0) is 32.4. The summed E-state index contributed by atoms with van der Waals surface area (Å²) in [5, 5.41) is 0. The molecule has 3 aromatic heterocycles. The van der Waals surface area contributed by atoms with E-state index in [-0.39, 0.29) is 0 Å². The Labute approximate surface area is 284 Å². The average molecular weight is 625 g/mol. The molecule has 0 saturated heterocycles. The first kappa shape index (κ1) is 27.6. The topological polar surface area (TPSA) is 51.6 Å². The Morgan fingerprint density at radius 2 is 0.816 bits per heavy atom. The van der Waals surface area contributed by atoms with Crippen LogP contribution < -0.4 is 0 Å². The van der Waals surface area contributed by atoms with Gasteiger partial charge in [-0.25, -0.2) is 9.97 Å². The van der Waals surface area contributed by atoms with Gasteiger partial charge in [-0.05, 0) is 92.0 Å². The largest absolute Gasteiger partial charge is 0.264 e. The van der Waals surface area contributed by atoms with Crippen LogP contribution in [0.4, 0.5) is 0 Å². The molecule has 0 saturated carbocycles. The minimum Gasteiger partial charge on any atom is -0.264 e. The van der Waals surface area contributed by atoms with Gasteiger partial charge in [-0.3, -0.25) is 9.97 Å². The van der Waals surface area contributed by atoms with E-state index in [9.17, 15) is 0 Å². The summed E-state index contributed by atoms with van der Waals surface area (Å²) in [5.74, 6) is 0.627. The molecular formula is C45H28N4. The molecule has 0 fully saturated rings. The van der Waals surface area contributed by atoms with Crippen LogP contribution >= 0.6 is 0 Å². The van der Waals surface area contributed by atoms with Crippen molar-refractivity contribution in [1.29, 1.82) is 0 Å². The minimum absolute atomic E-state index is 0.510.